The number of ether oxygens (including phenoxy) is 2. The fourth-order valence-electron chi connectivity index (χ4n) is 7.78. The van der Waals surface area contributed by atoms with Gasteiger partial charge in [-0.3, -0.25) is 20.2 Å². The van der Waals surface area contributed by atoms with Gasteiger partial charge in [0.15, 0.2) is 0 Å². The van der Waals surface area contributed by atoms with Crippen LogP contribution >= 0.6 is 11.8 Å². The Labute approximate surface area is 249 Å². The minimum Gasteiger partial charge on any atom is -0.381 e. The van der Waals surface area contributed by atoms with E-state index in [4.69, 9.17) is 9.47 Å². The molecular weight excluding hydrogens is 573 g/mol. The Hall–Kier alpha value is -1.63. The van der Waals surface area contributed by atoms with Gasteiger partial charge in [-0.2, -0.15) is 18.4 Å². The van der Waals surface area contributed by atoms with Gasteiger partial charge in [0, 0.05) is 57.1 Å². The molecule has 0 spiro atoms. The molecule has 14 heteroatoms. The number of carbonyl (C=O) groups excluding carboxylic acids is 2. The molecule has 42 heavy (non-hydrogen) atoms. The van der Waals surface area contributed by atoms with Crippen molar-refractivity contribution in [2.75, 3.05) is 33.9 Å². The van der Waals surface area contributed by atoms with Gasteiger partial charge in [-0.15, -0.1) is 11.8 Å². The first-order valence-electron chi connectivity index (χ1n) is 15.0. The quantitative estimate of drug-likeness (QED) is 0.353. The summed E-state index contributed by atoms with van der Waals surface area (Å²) < 4.78 is 50.7. The number of fused-ring (bicyclic) bond motifs is 1. The van der Waals surface area contributed by atoms with Gasteiger partial charge in [0.25, 0.3) is 0 Å². The van der Waals surface area contributed by atoms with Crippen LogP contribution in [-0.4, -0.2) is 97.9 Å². The molecule has 0 aromatic rings. The van der Waals surface area contributed by atoms with E-state index in [0.29, 0.717) is 19.6 Å². The third-order valence-corrected chi connectivity index (χ3v) is 11.4. The molecule has 4 saturated heterocycles. The van der Waals surface area contributed by atoms with Gasteiger partial charge in [-0.25, -0.2) is 0 Å². The highest BCUT2D eigenvalue weighted by molar-refractivity contribution is 8.00. The lowest BCUT2D eigenvalue weighted by molar-refractivity contribution is -0.183. The molecule has 2 amide bonds. The molecule has 1 aliphatic carbocycles. The number of thioether (sulfide) groups is 1. The molecule has 5 fully saturated rings. The topological polar surface area (TPSA) is 128 Å². The highest BCUT2D eigenvalue weighted by Gasteiger charge is 2.50. The highest BCUT2D eigenvalue weighted by Crippen LogP contribution is 2.42. The Morgan fingerprint density at radius 1 is 1.02 bits per heavy atom. The molecule has 0 bridgehead atoms. The van der Waals surface area contributed by atoms with Crippen molar-refractivity contribution in [1.29, 1.82) is 5.26 Å². The monoisotopic (exact) mass is 616 g/mol. The maximum Gasteiger partial charge on any atom is 0.403 e. The van der Waals surface area contributed by atoms with Crippen LogP contribution in [0.25, 0.3) is 0 Å². The van der Waals surface area contributed by atoms with Gasteiger partial charge >= 0.3 is 6.18 Å². The second kappa shape index (κ2) is 13.2. The van der Waals surface area contributed by atoms with Gasteiger partial charge < -0.3 is 25.0 Å². The fraction of sp³-hybridized carbons (Fsp3) is 0.893. The Morgan fingerprint density at radius 3 is 2.48 bits per heavy atom. The largest absolute Gasteiger partial charge is 0.403 e. The maximum absolute atomic E-state index is 13.6. The van der Waals surface area contributed by atoms with E-state index in [0.717, 1.165) is 25.7 Å². The maximum atomic E-state index is 13.6. The van der Waals surface area contributed by atoms with E-state index in [1.807, 2.05) is 0 Å². The van der Waals surface area contributed by atoms with Crippen molar-refractivity contribution >= 4 is 23.6 Å². The van der Waals surface area contributed by atoms with Crippen LogP contribution in [-0.2, 0) is 19.1 Å². The highest BCUT2D eigenvalue weighted by atomic mass is 32.2. The van der Waals surface area contributed by atoms with E-state index < -0.39 is 24.4 Å². The van der Waals surface area contributed by atoms with E-state index in [-0.39, 0.29) is 77.3 Å². The summed E-state index contributed by atoms with van der Waals surface area (Å²) in [5.74, 6) is -0.906. The molecular formula is C28H43F3N6O4S. The van der Waals surface area contributed by atoms with Gasteiger partial charge in [-0.05, 0) is 57.3 Å². The number of likely N-dealkylation sites (tertiary alicyclic amines) is 1. The third kappa shape index (κ3) is 6.71. The first-order chi connectivity index (χ1) is 20.0. The first kappa shape index (κ1) is 31.8. The average molecular weight is 617 g/mol. The number of nitrogens with one attached hydrogen (secondary N) is 4. The third-order valence-electron chi connectivity index (χ3n) is 10.0. The molecule has 0 aromatic heterocycles. The molecule has 4 aliphatic heterocycles. The minimum atomic E-state index is -4.39. The van der Waals surface area contributed by atoms with E-state index >= 15 is 0 Å². The zero-order chi connectivity index (χ0) is 30.2. The predicted molar refractivity (Wildman–Crippen MR) is 150 cm³/mol. The predicted octanol–water partition coefficient (Wildman–Crippen LogP) is 1.77. The van der Waals surface area contributed by atoms with Crippen LogP contribution in [0.4, 0.5) is 13.2 Å². The Bertz CT molecular complexity index is 1020. The number of alkyl halides is 3. The zero-order valence-corrected chi connectivity index (χ0v) is 25.2. The summed E-state index contributed by atoms with van der Waals surface area (Å²) in [5.41, 5.74) is -0.295. The first-order valence-corrected chi connectivity index (χ1v) is 16.0. The lowest BCUT2D eigenvalue weighted by Gasteiger charge is -2.44. The SMILES string of the molecule is COC1CCC(C#N)CC1C1CC(C)NCC1C(=O)NC1NC2CN(C(=O)C3CCC(C(F)(F)F)NC3OC)CC2S1. The second-order valence-corrected chi connectivity index (χ2v) is 13.9. The van der Waals surface area contributed by atoms with Crippen LogP contribution in [0.2, 0.25) is 0 Å². The number of nitrogens with zero attached hydrogens (tertiary/aromatic N) is 2. The summed E-state index contributed by atoms with van der Waals surface area (Å²) >= 11 is 1.58. The van der Waals surface area contributed by atoms with Crippen LogP contribution in [0, 0.1) is 40.9 Å². The lowest BCUT2D eigenvalue weighted by Crippen LogP contribution is -2.58. The van der Waals surface area contributed by atoms with Gasteiger partial charge in [-0.1, -0.05) is 0 Å². The molecule has 0 radical (unpaired) electrons. The number of piperidine rings is 2. The molecule has 5 aliphatic rings. The summed E-state index contributed by atoms with van der Waals surface area (Å²) in [6.45, 7) is 3.58. The second-order valence-electron chi connectivity index (χ2n) is 12.6. The van der Waals surface area contributed by atoms with E-state index in [1.54, 1.807) is 23.8 Å². The fourth-order valence-corrected chi connectivity index (χ4v) is 9.19. The average Bonchev–Trinajstić information content (AvgIpc) is 3.54. The number of amides is 2. The van der Waals surface area contributed by atoms with Crippen molar-refractivity contribution in [1.82, 2.24) is 26.2 Å². The smallest absolute Gasteiger partial charge is 0.381 e. The number of methoxy groups -OCH3 is 2. The summed E-state index contributed by atoms with van der Waals surface area (Å²) in [6, 6.07) is 0.996. The van der Waals surface area contributed by atoms with E-state index in [1.165, 1.54) is 7.11 Å². The number of carbonyl (C=O) groups is 2. The normalized spacial score (nSPS) is 42.5. The number of halogens is 3. The lowest BCUT2D eigenvalue weighted by atomic mass is 9.66. The van der Waals surface area contributed by atoms with Gasteiger partial charge in [0.05, 0.1) is 24.0 Å². The molecule has 12 atom stereocenters. The Balaban J connectivity index is 1.16. The standard InChI is InChI=1S/C28H43F3N6O4S/c1-14-8-17(18-9-15(10-32)4-6-21(18)40-2)19(11-33-14)24(38)36-27-34-20-12-37(13-22(20)42-27)26(39)16-5-7-23(28(29,30)31)35-25(16)41-3/h14-23,25,27,33-35H,4-9,11-13H2,1-3H3,(H,36,38). The number of hydrogen-bond acceptors (Lipinski definition) is 9. The summed E-state index contributed by atoms with van der Waals surface area (Å²) in [7, 11) is 3.04. The molecule has 4 N–H and O–H groups in total. The summed E-state index contributed by atoms with van der Waals surface area (Å²) in [4.78, 5) is 28.7. The Morgan fingerprint density at radius 2 is 1.81 bits per heavy atom. The zero-order valence-electron chi connectivity index (χ0n) is 24.4. The number of nitriles is 1. The molecule has 4 heterocycles. The van der Waals surface area contributed by atoms with Gasteiger partial charge in [0.2, 0.25) is 11.8 Å². The number of hydrogen-bond donors (Lipinski definition) is 4. The van der Waals surface area contributed by atoms with Crippen molar-refractivity contribution in [3.63, 3.8) is 0 Å². The van der Waals surface area contributed by atoms with Gasteiger partial charge in [0.1, 0.15) is 17.8 Å². The van der Waals surface area contributed by atoms with Crippen molar-refractivity contribution in [2.24, 2.45) is 29.6 Å². The molecule has 1 saturated carbocycles. The minimum absolute atomic E-state index is 0.0120. The van der Waals surface area contributed by atoms with Crippen LogP contribution in [0.15, 0.2) is 0 Å². The Kier molecular flexibility index (Phi) is 9.96. The van der Waals surface area contributed by atoms with Crippen LogP contribution in [0.1, 0.15) is 45.4 Å². The van der Waals surface area contributed by atoms with Crippen molar-refractivity contribution in [3.8, 4) is 6.07 Å². The molecule has 5 rings (SSSR count). The summed E-state index contributed by atoms with van der Waals surface area (Å²) in [5, 5.41) is 22.2. The van der Waals surface area contributed by atoms with Crippen LogP contribution in [0.3, 0.4) is 0 Å². The van der Waals surface area contributed by atoms with E-state index in [9.17, 15) is 28.0 Å². The van der Waals surface area contributed by atoms with Crippen LogP contribution in [0.5, 0.6) is 0 Å². The van der Waals surface area contributed by atoms with Crippen molar-refractivity contribution < 1.29 is 32.2 Å². The van der Waals surface area contributed by atoms with Crippen molar-refractivity contribution in [2.45, 2.75) is 92.8 Å². The summed E-state index contributed by atoms with van der Waals surface area (Å²) in [6.07, 6.45) is -2.15. The molecule has 236 valence electrons. The van der Waals surface area contributed by atoms with Crippen molar-refractivity contribution in [3.05, 3.63) is 0 Å². The van der Waals surface area contributed by atoms with Crippen LogP contribution < -0.4 is 21.3 Å². The number of rotatable bonds is 6. The molecule has 0 aromatic carbocycles. The molecule has 12 unspecified atom stereocenters. The molecule has 10 nitrogen and oxygen atoms in total. The van der Waals surface area contributed by atoms with E-state index in [2.05, 4.69) is 34.3 Å².